The van der Waals surface area contributed by atoms with Crippen LogP contribution in [0.1, 0.15) is 37.0 Å². The van der Waals surface area contributed by atoms with Gasteiger partial charge in [-0.1, -0.05) is 6.07 Å². The highest BCUT2D eigenvalue weighted by Crippen LogP contribution is 2.37. The van der Waals surface area contributed by atoms with Gasteiger partial charge in [-0.2, -0.15) is 0 Å². The first-order valence-electron chi connectivity index (χ1n) is 6.69. The van der Waals surface area contributed by atoms with Crippen LogP contribution in [-0.4, -0.2) is 28.6 Å². The van der Waals surface area contributed by atoms with Gasteiger partial charge in [0.1, 0.15) is 5.69 Å². The minimum Gasteiger partial charge on any atom is -0.478 e. The van der Waals surface area contributed by atoms with E-state index in [9.17, 15) is 20.0 Å². The van der Waals surface area contributed by atoms with Gasteiger partial charge in [0.25, 0.3) is 5.69 Å². The van der Waals surface area contributed by atoms with Crippen molar-refractivity contribution in [2.75, 3.05) is 11.4 Å². The molecule has 0 aliphatic heterocycles. The molecule has 6 nitrogen and oxygen atoms in total. The van der Waals surface area contributed by atoms with E-state index in [4.69, 9.17) is 0 Å². The number of nitro benzene ring substituents is 1. The molecule has 1 saturated carbocycles. The van der Waals surface area contributed by atoms with Crippen molar-refractivity contribution in [1.29, 1.82) is 0 Å². The molecule has 2 rings (SSSR count). The highest BCUT2D eigenvalue weighted by atomic mass is 16.6. The van der Waals surface area contributed by atoms with Crippen molar-refractivity contribution in [1.82, 2.24) is 0 Å². The van der Waals surface area contributed by atoms with Gasteiger partial charge in [0.05, 0.1) is 10.5 Å². The Balaban J connectivity index is 2.53. The minimum atomic E-state index is -1.13. The Labute approximate surface area is 117 Å². The number of carbonyl (C=O) groups is 1. The van der Waals surface area contributed by atoms with Gasteiger partial charge in [-0.3, -0.25) is 10.1 Å². The van der Waals surface area contributed by atoms with Crippen LogP contribution < -0.4 is 4.90 Å². The molecule has 6 heteroatoms. The van der Waals surface area contributed by atoms with Crippen LogP contribution in [0.5, 0.6) is 0 Å². The maximum absolute atomic E-state index is 11.4. The van der Waals surface area contributed by atoms with E-state index in [0.717, 1.165) is 12.8 Å². The van der Waals surface area contributed by atoms with Gasteiger partial charge in [-0.15, -0.1) is 0 Å². The molecule has 1 aliphatic rings. The normalized spacial score (nSPS) is 14.3. The summed E-state index contributed by atoms with van der Waals surface area (Å²) in [7, 11) is 0. The molecule has 0 aromatic heterocycles. The highest BCUT2D eigenvalue weighted by molar-refractivity contribution is 5.97. The zero-order valence-electron chi connectivity index (χ0n) is 11.6. The van der Waals surface area contributed by atoms with E-state index in [1.54, 1.807) is 0 Å². The molecule has 1 aromatic carbocycles. The second-order valence-corrected chi connectivity index (χ2v) is 5.43. The summed E-state index contributed by atoms with van der Waals surface area (Å²) in [5, 5.41) is 20.5. The first-order chi connectivity index (χ1) is 9.41. The predicted octanol–water partition coefficient (Wildman–Crippen LogP) is 2.92. The zero-order chi connectivity index (χ0) is 14.9. The fraction of sp³-hybridized carbons (Fsp3) is 0.500. The number of hydrogen-bond donors (Lipinski definition) is 1. The predicted molar refractivity (Wildman–Crippen MR) is 75.3 cm³/mol. The summed E-state index contributed by atoms with van der Waals surface area (Å²) < 4.78 is 0. The maximum atomic E-state index is 11.4. The number of carboxylic acids is 1. The molecule has 1 fully saturated rings. The summed E-state index contributed by atoms with van der Waals surface area (Å²) in [6, 6.07) is 4.22. The van der Waals surface area contributed by atoms with Crippen LogP contribution in [0.4, 0.5) is 11.4 Å². The molecule has 1 aliphatic carbocycles. The fourth-order valence-electron chi connectivity index (χ4n) is 2.29. The van der Waals surface area contributed by atoms with Crippen molar-refractivity contribution in [3.63, 3.8) is 0 Å². The van der Waals surface area contributed by atoms with Gasteiger partial charge >= 0.3 is 5.97 Å². The third-order valence-electron chi connectivity index (χ3n) is 3.50. The second-order valence-electron chi connectivity index (χ2n) is 5.43. The number of nitrogens with zero attached hydrogens (tertiary/aromatic N) is 2. The Morgan fingerprint density at radius 2 is 2.15 bits per heavy atom. The first-order valence-corrected chi connectivity index (χ1v) is 6.69. The van der Waals surface area contributed by atoms with Crippen LogP contribution in [0.3, 0.4) is 0 Å². The molecule has 20 heavy (non-hydrogen) atoms. The van der Waals surface area contributed by atoms with E-state index in [-0.39, 0.29) is 23.0 Å². The average Bonchev–Trinajstić information content (AvgIpc) is 3.18. The Kier molecular flexibility index (Phi) is 3.92. The molecule has 0 radical (unpaired) electrons. The lowest BCUT2D eigenvalue weighted by Crippen LogP contribution is -2.34. The highest BCUT2D eigenvalue weighted by Gasteiger charge is 2.32. The van der Waals surface area contributed by atoms with E-state index in [1.165, 1.54) is 18.2 Å². The van der Waals surface area contributed by atoms with Crippen LogP contribution in [0.25, 0.3) is 0 Å². The number of carboxylic acid groups (broad SMARTS) is 1. The number of rotatable bonds is 6. The van der Waals surface area contributed by atoms with E-state index in [0.29, 0.717) is 12.5 Å². The number of nitro groups is 1. The van der Waals surface area contributed by atoms with Crippen molar-refractivity contribution < 1.29 is 14.8 Å². The molecule has 0 unspecified atom stereocenters. The van der Waals surface area contributed by atoms with Crippen molar-refractivity contribution in [2.45, 2.75) is 32.7 Å². The molecule has 0 bridgehead atoms. The molecule has 1 N–H and O–H groups in total. The van der Waals surface area contributed by atoms with Gasteiger partial charge in [-0.05, 0) is 38.7 Å². The second kappa shape index (κ2) is 5.48. The zero-order valence-corrected chi connectivity index (χ0v) is 11.6. The van der Waals surface area contributed by atoms with Gasteiger partial charge in [-0.25, -0.2) is 4.79 Å². The monoisotopic (exact) mass is 278 g/mol. The summed E-state index contributed by atoms with van der Waals surface area (Å²) in [5.41, 5.74) is 0.0831. The SMILES string of the molecule is CC(C)N(CC1CC1)c1c(C(=O)O)cccc1[N+](=O)[O-]. The summed E-state index contributed by atoms with van der Waals surface area (Å²) in [6.45, 7) is 4.51. The smallest absolute Gasteiger partial charge is 0.338 e. The lowest BCUT2D eigenvalue weighted by Gasteiger charge is -2.29. The molecule has 0 amide bonds. The largest absolute Gasteiger partial charge is 0.478 e. The number of anilines is 1. The summed E-state index contributed by atoms with van der Waals surface area (Å²) in [4.78, 5) is 23.9. The van der Waals surface area contributed by atoms with Crippen molar-refractivity contribution in [3.8, 4) is 0 Å². The summed E-state index contributed by atoms with van der Waals surface area (Å²) in [6.07, 6.45) is 2.21. The number of aromatic carboxylic acids is 1. The van der Waals surface area contributed by atoms with Crippen LogP contribution in [0, 0.1) is 16.0 Å². The third-order valence-corrected chi connectivity index (χ3v) is 3.50. The molecule has 0 spiro atoms. The maximum Gasteiger partial charge on any atom is 0.338 e. The van der Waals surface area contributed by atoms with Crippen LogP contribution in [0.15, 0.2) is 18.2 Å². The van der Waals surface area contributed by atoms with Crippen LogP contribution >= 0.6 is 0 Å². The number of benzene rings is 1. The number of para-hydroxylation sites is 1. The van der Waals surface area contributed by atoms with E-state index >= 15 is 0 Å². The van der Waals surface area contributed by atoms with E-state index in [1.807, 2.05) is 18.7 Å². The lowest BCUT2D eigenvalue weighted by atomic mass is 10.1. The molecule has 0 heterocycles. The van der Waals surface area contributed by atoms with Crippen molar-refractivity contribution in [2.24, 2.45) is 5.92 Å². The quantitative estimate of drug-likeness (QED) is 0.639. The van der Waals surface area contributed by atoms with Crippen molar-refractivity contribution >= 4 is 17.3 Å². The van der Waals surface area contributed by atoms with Gasteiger partial charge in [0, 0.05) is 18.7 Å². The third kappa shape index (κ3) is 2.89. The molecule has 1 aromatic rings. The number of hydrogen-bond acceptors (Lipinski definition) is 4. The average molecular weight is 278 g/mol. The van der Waals surface area contributed by atoms with Gasteiger partial charge < -0.3 is 10.0 Å². The fourth-order valence-corrected chi connectivity index (χ4v) is 2.29. The minimum absolute atomic E-state index is 0.00597. The lowest BCUT2D eigenvalue weighted by molar-refractivity contribution is -0.384. The Bertz CT molecular complexity index is 506. The Morgan fingerprint density at radius 1 is 1.50 bits per heavy atom. The van der Waals surface area contributed by atoms with Crippen LogP contribution in [0.2, 0.25) is 0 Å². The first kappa shape index (κ1) is 14.3. The van der Waals surface area contributed by atoms with Gasteiger partial charge in [0.15, 0.2) is 0 Å². The molecule has 0 saturated heterocycles. The standard InChI is InChI=1S/C14H18N2O4/c1-9(2)15(8-10-6-7-10)13-11(14(17)18)4-3-5-12(13)16(19)20/h3-5,9-10H,6-8H2,1-2H3,(H,17,18). The Morgan fingerprint density at radius 3 is 2.60 bits per heavy atom. The molecule has 108 valence electrons. The van der Waals surface area contributed by atoms with E-state index in [2.05, 4.69) is 0 Å². The molecular formula is C14H18N2O4. The van der Waals surface area contributed by atoms with Gasteiger partial charge in [0.2, 0.25) is 0 Å². The Hall–Kier alpha value is -2.11. The summed E-state index contributed by atoms with van der Waals surface area (Å²) in [5.74, 6) is -0.621. The molecular weight excluding hydrogens is 260 g/mol. The van der Waals surface area contributed by atoms with Crippen LogP contribution in [-0.2, 0) is 0 Å². The van der Waals surface area contributed by atoms with E-state index < -0.39 is 10.9 Å². The van der Waals surface area contributed by atoms with Crippen molar-refractivity contribution in [3.05, 3.63) is 33.9 Å². The molecule has 0 atom stereocenters. The topological polar surface area (TPSA) is 83.7 Å². The summed E-state index contributed by atoms with van der Waals surface area (Å²) >= 11 is 0.